The molecule has 3 fully saturated rings. The summed E-state index contributed by atoms with van der Waals surface area (Å²) in [4.78, 5) is 17.5. The molecule has 0 aromatic heterocycles. The summed E-state index contributed by atoms with van der Waals surface area (Å²) in [5.41, 5.74) is 0. The fourth-order valence-corrected chi connectivity index (χ4v) is 4.35. The number of likely N-dealkylation sites (tertiary alicyclic amines) is 1. The van der Waals surface area contributed by atoms with Gasteiger partial charge >= 0.3 is 0 Å². The lowest BCUT2D eigenvalue weighted by molar-refractivity contribution is -0.138. The van der Waals surface area contributed by atoms with E-state index in [9.17, 15) is 4.79 Å². The molecule has 0 saturated carbocycles. The van der Waals surface area contributed by atoms with Crippen LogP contribution < -0.4 is 5.32 Å². The van der Waals surface area contributed by atoms with Gasteiger partial charge in [-0.2, -0.15) is 0 Å². The molecule has 0 spiro atoms. The van der Waals surface area contributed by atoms with Gasteiger partial charge in [-0.1, -0.05) is 0 Å². The predicted octanol–water partition coefficient (Wildman–Crippen LogP) is 1.09. The van der Waals surface area contributed by atoms with Crippen molar-refractivity contribution >= 4 is 5.91 Å². The number of carbonyl (C=O) groups excluding carboxylic acids is 1. The number of nitrogens with zero attached hydrogens (tertiary/aromatic N) is 2. The number of morpholine rings is 1. The Morgan fingerprint density at radius 2 is 1.82 bits per heavy atom. The highest BCUT2D eigenvalue weighted by Gasteiger charge is 2.35. The zero-order chi connectivity index (χ0) is 15.5. The van der Waals surface area contributed by atoms with Gasteiger partial charge < -0.3 is 15.0 Å². The first kappa shape index (κ1) is 16.2. The van der Waals surface area contributed by atoms with Crippen molar-refractivity contribution in [2.24, 2.45) is 5.92 Å². The van der Waals surface area contributed by atoms with Crippen LogP contribution in [0.2, 0.25) is 0 Å². The molecule has 3 heterocycles. The Morgan fingerprint density at radius 1 is 1.14 bits per heavy atom. The van der Waals surface area contributed by atoms with E-state index in [1.54, 1.807) is 0 Å². The maximum atomic E-state index is 12.8. The van der Waals surface area contributed by atoms with Gasteiger partial charge in [0.05, 0.1) is 12.2 Å². The molecule has 5 nitrogen and oxygen atoms in total. The molecule has 126 valence electrons. The number of hydrogen-bond acceptors (Lipinski definition) is 4. The Balaban J connectivity index is 1.57. The Hall–Kier alpha value is -0.650. The molecule has 3 aliphatic heterocycles. The quantitative estimate of drug-likeness (QED) is 0.847. The molecular formula is C17H31N3O2. The number of piperidine rings is 1. The SMILES string of the molecule is C[C@@H]1CN(C[C@@H]2CCCN2C(=O)C2CCNCC2)C[C@H](C)O1. The van der Waals surface area contributed by atoms with E-state index in [2.05, 4.69) is 29.0 Å². The number of amides is 1. The van der Waals surface area contributed by atoms with Crippen molar-refractivity contribution in [3.63, 3.8) is 0 Å². The van der Waals surface area contributed by atoms with Crippen LogP contribution in [-0.4, -0.2) is 73.2 Å². The Labute approximate surface area is 134 Å². The molecule has 0 aliphatic carbocycles. The first-order valence-electron chi connectivity index (χ1n) is 9.02. The molecule has 0 aromatic carbocycles. The van der Waals surface area contributed by atoms with Crippen molar-refractivity contribution in [1.29, 1.82) is 0 Å². The average Bonchev–Trinajstić information content (AvgIpc) is 2.94. The van der Waals surface area contributed by atoms with Crippen LogP contribution in [0, 0.1) is 5.92 Å². The molecule has 3 aliphatic rings. The second-order valence-corrected chi connectivity index (χ2v) is 7.33. The van der Waals surface area contributed by atoms with Crippen LogP contribution in [0.15, 0.2) is 0 Å². The van der Waals surface area contributed by atoms with E-state index < -0.39 is 0 Å². The Bertz CT molecular complexity index is 374. The maximum Gasteiger partial charge on any atom is 0.226 e. The summed E-state index contributed by atoms with van der Waals surface area (Å²) in [6.45, 7) is 10.3. The smallest absolute Gasteiger partial charge is 0.226 e. The second-order valence-electron chi connectivity index (χ2n) is 7.33. The molecule has 3 rings (SSSR count). The highest BCUT2D eigenvalue weighted by molar-refractivity contribution is 5.79. The van der Waals surface area contributed by atoms with Gasteiger partial charge in [-0.05, 0) is 52.6 Å². The van der Waals surface area contributed by atoms with Crippen LogP contribution in [0.1, 0.15) is 39.5 Å². The molecule has 0 aromatic rings. The monoisotopic (exact) mass is 309 g/mol. The summed E-state index contributed by atoms with van der Waals surface area (Å²) >= 11 is 0. The molecule has 22 heavy (non-hydrogen) atoms. The molecule has 3 saturated heterocycles. The summed E-state index contributed by atoms with van der Waals surface area (Å²) < 4.78 is 5.82. The lowest BCUT2D eigenvalue weighted by Crippen LogP contribution is -2.52. The second kappa shape index (κ2) is 7.28. The number of hydrogen-bond donors (Lipinski definition) is 1. The molecule has 3 atom stereocenters. The lowest BCUT2D eigenvalue weighted by Gasteiger charge is -2.39. The molecule has 5 heteroatoms. The third kappa shape index (κ3) is 3.81. The number of rotatable bonds is 3. The van der Waals surface area contributed by atoms with Gasteiger partial charge in [0, 0.05) is 38.1 Å². The zero-order valence-electron chi connectivity index (χ0n) is 14.1. The molecule has 0 unspecified atom stereocenters. The van der Waals surface area contributed by atoms with Crippen LogP contribution in [0.3, 0.4) is 0 Å². The summed E-state index contributed by atoms with van der Waals surface area (Å²) in [6, 6.07) is 0.417. The summed E-state index contributed by atoms with van der Waals surface area (Å²) in [5, 5.41) is 3.35. The third-order valence-electron chi connectivity index (χ3n) is 5.31. The van der Waals surface area contributed by atoms with Crippen LogP contribution in [0.25, 0.3) is 0 Å². The van der Waals surface area contributed by atoms with Gasteiger partial charge in [0.25, 0.3) is 0 Å². The topological polar surface area (TPSA) is 44.8 Å². The van der Waals surface area contributed by atoms with Gasteiger partial charge in [0.1, 0.15) is 0 Å². The van der Waals surface area contributed by atoms with Gasteiger partial charge in [0.2, 0.25) is 5.91 Å². The number of ether oxygens (including phenoxy) is 1. The molecular weight excluding hydrogens is 278 g/mol. The summed E-state index contributed by atoms with van der Waals surface area (Å²) in [6.07, 6.45) is 4.95. The summed E-state index contributed by atoms with van der Waals surface area (Å²) in [5.74, 6) is 0.669. The fourth-order valence-electron chi connectivity index (χ4n) is 4.35. The van der Waals surface area contributed by atoms with Gasteiger partial charge in [-0.25, -0.2) is 0 Å². The van der Waals surface area contributed by atoms with Crippen molar-refractivity contribution in [2.45, 2.75) is 57.8 Å². The first-order chi connectivity index (χ1) is 10.6. The van der Waals surface area contributed by atoms with Crippen LogP contribution in [0.4, 0.5) is 0 Å². The minimum Gasteiger partial charge on any atom is -0.373 e. The molecule has 0 radical (unpaired) electrons. The largest absolute Gasteiger partial charge is 0.373 e. The third-order valence-corrected chi connectivity index (χ3v) is 5.31. The predicted molar refractivity (Wildman–Crippen MR) is 86.8 cm³/mol. The van der Waals surface area contributed by atoms with E-state index >= 15 is 0 Å². The van der Waals surface area contributed by atoms with E-state index in [0.717, 1.165) is 65.0 Å². The minimum atomic E-state index is 0.254. The van der Waals surface area contributed by atoms with Crippen molar-refractivity contribution in [1.82, 2.24) is 15.1 Å². The van der Waals surface area contributed by atoms with Crippen molar-refractivity contribution in [3.05, 3.63) is 0 Å². The van der Waals surface area contributed by atoms with E-state index in [-0.39, 0.29) is 5.92 Å². The average molecular weight is 309 g/mol. The Morgan fingerprint density at radius 3 is 2.50 bits per heavy atom. The first-order valence-corrected chi connectivity index (χ1v) is 9.02. The van der Waals surface area contributed by atoms with Crippen molar-refractivity contribution < 1.29 is 9.53 Å². The lowest BCUT2D eigenvalue weighted by atomic mass is 9.96. The van der Waals surface area contributed by atoms with E-state index in [1.807, 2.05) is 0 Å². The minimum absolute atomic E-state index is 0.254. The van der Waals surface area contributed by atoms with Gasteiger partial charge in [0.15, 0.2) is 0 Å². The maximum absolute atomic E-state index is 12.8. The number of carbonyl (C=O) groups is 1. The molecule has 1 N–H and O–H groups in total. The molecule has 0 bridgehead atoms. The van der Waals surface area contributed by atoms with Gasteiger partial charge in [-0.3, -0.25) is 9.69 Å². The summed E-state index contributed by atoms with van der Waals surface area (Å²) in [7, 11) is 0. The fraction of sp³-hybridized carbons (Fsp3) is 0.941. The van der Waals surface area contributed by atoms with E-state index in [1.165, 1.54) is 0 Å². The van der Waals surface area contributed by atoms with Crippen molar-refractivity contribution in [2.75, 3.05) is 39.3 Å². The highest BCUT2D eigenvalue weighted by Crippen LogP contribution is 2.25. The molecule has 1 amide bonds. The normalized spacial score (nSPS) is 35.0. The van der Waals surface area contributed by atoms with E-state index in [4.69, 9.17) is 4.74 Å². The Kier molecular flexibility index (Phi) is 5.37. The number of nitrogens with one attached hydrogen (secondary N) is 1. The van der Waals surface area contributed by atoms with Gasteiger partial charge in [-0.15, -0.1) is 0 Å². The zero-order valence-corrected chi connectivity index (χ0v) is 14.1. The van der Waals surface area contributed by atoms with Crippen LogP contribution in [0.5, 0.6) is 0 Å². The van der Waals surface area contributed by atoms with Crippen LogP contribution >= 0.6 is 0 Å². The van der Waals surface area contributed by atoms with Crippen LogP contribution in [-0.2, 0) is 9.53 Å². The highest BCUT2D eigenvalue weighted by atomic mass is 16.5. The van der Waals surface area contributed by atoms with E-state index in [0.29, 0.717) is 24.2 Å². The van der Waals surface area contributed by atoms with Crippen molar-refractivity contribution in [3.8, 4) is 0 Å². The standard InChI is InChI=1S/C17H31N3O2/c1-13-10-19(11-14(2)22-13)12-16-4-3-9-20(16)17(21)15-5-7-18-8-6-15/h13-16,18H,3-12H2,1-2H3/t13-,14+,16-/m0/s1.